The van der Waals surface area contributed by atoms with E-state index in [2.05, 4.69) is 5.32 Å². The number of ether oxygens (including phenoxy) is 1. The number of anilines is 1. The van der Waals surface area contributed by atoms with Crippen LogP contribution < -0.4 is 10.1 Å². The van der Waals surface area contributed by atoms with Crippen LogP contribution in [0.1, 0.15) is 0 Å². The molecule has 0 radical (unpaired) electrons. The molecule has 2 N–H and O–H groups in total. The smallest absolute Gasteiger partial charge is 0.119 e. The molecule has 0 saturated carbocycles. The molecule has 1 aromatic rings. The molecule has 78 valence electrons. The van der Waals surface area contributed by atoms with Crippen molar-refractivity contribution in [1.82, 2.24) is 0 Å². The van der Waals surface area contributed by atoms with Crippen molar-refractivity contribution in [2.75, 3.05) is 24.9 Å². The third kappa shape index (κ3) is 3.44. The first-order chi connectivity index (χ1) is 6.76. The van der Waals surface area contributed by atoms with E-state index < -0.39 is 6.10 Å². The van der Waals surface area contributed by atoms with Gasteiger partial charge in [-0.15, -0.1) is 11.6 Å². The maximum absolute atomic E-state index is 9.20. The Kier molecular flexibility index (Phi) is 4.56. The zero-order chi connectivity index (χ0) is 10.4. The highest BCUT2D eigenvalue weighted by Gasteiger charge is 2.00. The fraction of sp³-hybridized carbons (Fsp3) is 0.400. The van der Waals surface area contributed by atoms with Crippen LogP contribution in [0.25, 0.3) is 0 Å². The van der Waals surface area contributed by atoms with E-state index in [1.165, 1.54) is 0 Å². The van der Waals surface area contributed by atoms with Crippen molar-refractivity contribution >= 4 is 17.3 Å². The Morgan fingerprint density at radius 2 is 2.07 bits per heavy atom. The summed E-state index contributed by atoms with van der Waals surface area (Å²) in [5.41, 5.74) is 0.940. The topological polar surface area (TPSA) is 41.5 Å². The Morgan fingerprint density at radius 3 is 2.57 bits per heavy atom. The molecule has 3 nitrogen and oxygen atoms in total. The SMILES string of the molecule is COc1ccc(NCC(O)CCl)cc1. The van der Waals surface area contributed by atoms with E-state index in [0.29, 0.717) is 6.54 Å². The number of nitrogens with one attached hydrogen (secondary N) is 1. The molecule has 0 fully saturated rings. The lowest BCUT2D eigenvalue weighted by Gasteiger charge is -2.10. The van der Waals surface area contributed by atoms with Crippen LogP contribution in [0.5, 0.6) is 5.75 Å². The average molecular weight is 216 g/mol. The number of hydrogen-bond acceptors (Lipinski definition) is 3. The number of benzene rings is 1. The van der Waals surface area contributed by atoms with Crippen LogP contribution in [0.4, 0.5) is 5.69 Å². The molecule has 0 spiro atoms. The fourth-order valence-electron chi connectivity index (χ4n) is 0.999. The zero-order valence-electron chi connectivity index (χ0n) is 8.03. The zero-order valence-corrected chi connectivity index (χ0v) is 8.79. The second-order valence-corrected chi connectivity index (χ2v) is 3.23. The highest BCUT2D eigenvalue weighted by atomic mass is 35.5. The summed E-state index contributed by atoms with van der Waals surface area (Å²) in [6, 6.07) is 7.49. The van der Waals surface area contributed by atoms with E-state index in [1.807, 2.05) is 24.3 Å². The summed E-state index contributed by atoms with van der Waals surface area (Å²) in [5, 5.41) is 12.3. The van der Waals surface area contributed by atoms with Crippen LogP contribution in [0.3, 0.4) is 0 Å². The van der Waals surface area contributed by atoms with Gasteiger partial charge in [0.1, 0.15) is 5.75 Å². The summed E-state index contributed by atoms with van der Waals surface area (Å²) in [7, 11) is 1.62. The summed E-state index contributed by atoms with van der Waals surface area (Å²) >= 11 is 5.46. The number of methoxy groups -OCH3 is 1. The molecule has 0 aliphatic heterocycles. The van der Waals surface area contributed by atoms with Crippen molar-refractivity contribution < 1.29 is 9.84 Å². The molecule has 1 atom stereocenters. The first-order valence-corrected chi connectivity index (χ1v) is 4.91. The fourth-order valence-corrected chi connectivity index (χ4v) is 1.11. The molecule has 4 heteroatoms. The lowest BCUT2D eigenvalue weighted by atomic mass is 10.3. The molecule has 0 amide bonds. The van der Waals surface area contributed by atoms with Gasteiger partial charge in [-0.1, -0.05) is 0 Å². The summed E-state index contributed by atoms with van der Waals surface area (Å²) in [4.78, 5) is 0. The minimum absolute atomic E-state index is 0.239. The first-order valence-electron chi connectivity index (χ1n) is 4.38. The molecule has 0 bridgehead atoms. The van der Waals surface area contributed by atoms with E-state index in [-0.39, 0.29) is 5.88 Å². The Labute approximate surface area is 88.7 Å². The van der Waals surface area contributed by atoms with Gasteiger partial charge in [0.25, 0.3) is 0 Å². The van der Waals surface area contributed by atoms with Crippen LogP contribution in [-0.2, 0) is 0 Å². The van der Waals surface area contributed by atoms with Gasteiger partial charge in [-0.3, -0.25) is 0 Å². The van der Waals surface area contributed by atoms with Crippen molar-refractivity contribution in [3.05, 3.63) is 24.3 Å². The van der Waals surface area contributed by atoms with Gasteiger partial charge in [-0.25, -0.2) is 0 Å². The van der Waals surface area contributed by atoms with Gasteiger partial charge in [0.15, 0.2) is 0 Å². The Bertz CT molecular complexity index is 263. The number of aliphatic hydroxyl groups excluding tert-OH is 1. The minimum Gasteiger partial charge on any atom is -0.497 e. The summed E-state index contributed by atoms with van der Waals surface area (Å²) < 4.78 is 5.02. The molecule has 1 aromatic carbocycles. The van der Waals surface area contributed by atoms with Gasteiger partial charge < -0.3 is 15.2 Å². The van der Waals surface area contributed by atoms with Crippen LogP contribution in [-0.4, -0.2) is 30.7 Å². The number of rotatable bonds is 5. The van der Waals surface area contributed by atoms with E-state index in [0.717, 1.165) is 11.4 Å². The maximum Gasteiger partial charge on any atom is 0.119 e. The highest BCUT2D eigenvalue weighted by molar-refractivity contribution is 6.18. The van der Waals surface area contributed by atoms with Crippen molar-refractivity contribution in [2.24, 2.45) is 0 Å². The molecule has 0 aliphatic rings. The highest BCUT2D eigenvalue weighted by Crippen LogP contribution is 2.14. The lowest BCUT2D eigenvalue weighted by Crippen LogP contribution is -2.20. The second-order valence-electron chi connectivity index (χ2n) is 2.92. The normalized spacial score (nSPS) is 12.2. The maximum atomic E-state index is 9.20. The van der Waals surface area contributed by atoms with E-state index in [4.69, 9.17) is 16.3 Å². The molecule has 1 rings (SSSR count). The summed E-state index contributed by atoms with van der Waals surface area (Å²) in [5.74, 6) is 1.05. The quantitative estimate of drug-likeness (QED) is 0.735. The van der Waals surface area contributed by atoms with Gasteiger partial charge in [0.2, 0.25) is 0 Å². The number of hydrogen-bond donors (Lipinski definition) is 2. The van der Waals surface area contributed by atoms with Crippen molar-refractivity contribution in [3.8, 4) is 5.75 Å². The largest absolute Gasteiger partial charge is 0.497 e. The third-order valence-corrected chi connectivity index (χ3v) is 2.17. The standard InChI is InChI=1S/C10H14ClNO2/c1-14-10-4-2-8(3-5-10)12-7-9(13)6-11/h2-5,9,12-13H,6-7H2,1H3. The van der Waals surface area contributed by atoms with E-state index >= 15 is 0 Å². The molecular weight excluding hydrogens is 202 g/mol. The number of aliphatic hydroxyl groups is 1. The van der Waals surface area contributed by atoms with Gasteiger partial charge >= 0.3 is 0 Å². The van der Waals surface area contributed by atoms with Crippen LogP contribution in [0.15, 0.2) is 24.3 Å². The second kappa shape index (κ2) is 5.73. The molecule has 0 heterocycles. The molecule has 0 aliphatic carbocycles. The lowest BCUT2D eigenvalue weighted by molar-refractivity contribution is 0.211. The third-order valence-electron chi connectivity index (χ3n) is 1.81. The molecule has 14 heavy (non-hydrogen) atoms. The first kappa shape index (κ1) is 11.1. The van der Waals surface area contributed by atoms with Crippen molar-refractivity contribution in [2.45, 2.75) is 6.10 Å². The Hall–Kier alpha value is -0.930. The van der Waals surface area contributed by atoms with Gasteiger partial charge in [-0.2, -0.15) is 0 Å². The predicted octanol–water partition coefficient (Wildman–Crippen LogP) is 1.71. The van der Waals surface area contributed by atoms with E-state index in [9.17, 15) is 5.11 Å². The Balaban J connectivity index is 2.43. The minimum atomic E-state index is -0.515. The van der Waals surface area contributed by atoms with Gasteiger partial charge in [-0.05, 0) is 24.3 Å². The molecule has 0 saturated heterocycles. The molecule has 1 unspecified atom stereocenters. The van der Waals surface area contributed by atoms with Crippen molar-refractivity contribution in [1.29, 1.82) is 0 Å². The Morgan fingerprint density at radius 1 is 1.43 bits per heavy atom. The summed E-state index contributed by atoms with van der Waals surface area (Å²) in [6.45, 7) is 0.454. The van der Waals surface area contributed by atoms with Crippen LogP contribution in [0, 0.1) is 0 Å². The van der Waals surface area contributed by atoms with Crippen LogP contribution in [0.2, 0.25) is 0 Å². The number of halogens is 1. The average Bonchev–Trinajstić information content (AvgIpc) is 2.26. The van der Waals surface area contributed by atoms with Crippen molar-refractivity contribution in [3.63, 3.8) is 0 Å². The molecule has 0 aromatic heterocycles. The molecular formula is C10H14ClNO2. The summed E-state index contributed by atoms with van der Waals surface area (Å²) in [6.07, 6.45) is -0.515. The van der Waals surface area contributed by atoms with Gasteiger partial charge in [0, 0.05) is 12.2 Å². The monoisotopic (exact) mass is 215 g/mol. The van der Waals surface area contributed by atoms with E-state index in [1.54, 1.807) is 7.11 Å². The van der Waals surface area contributed by atoms with Crippen LogP contribution >= 0.6 is 11.6 Å². The number of alkyl halides is 1. The predicted molar refractivity (Wildman–Crippen MR) is 58.2 cm³/mol. The van der Waals surface area contributed by atoms with Gasteiger partial charge in [0.05, 0.1) is 19.1 Å².